The number of aliphatic carboxylic acids is 1. The molecule has 1 aromatic carbocycles. The second-order valence-electron chi connectivity index (χ2n) is 4.21. The van der Waals surface area contributed by atoms with Gasteiger partial charge in [-0.25, -0.2) is 8.42 Å². The fraction of sp³-hybridized carbons (Fsp3) is 0.417. The smallest absolute Gasteiger partial charge is 0.304 e. The van der Waals surface area contributed by atoms with Gasteiger partial charge in [-0.15, -0.1) is 0 Å². The van der Waals surface area contributed by atoms with Gasteiger partial charge >= 0.3 is 5.97 Å². The lowest BCUT2D eigenvalue weighted by Crippen LogP contribution is -2.39. The van der Waals surface area contributed by atoms with Crippen molar-refractivity contribution in [2.24, 2.45) is 0 Å². The zero-order valence-corrected chi connectivity index (χ0v) is 13.3. The minimum absolute atomic E-state index is 0.0601. The van der Waals surface area contributed by atoms with Crippen LogP contribution >= 0.6 is 23.2 Å². The molecule has 1 atom stereocenters. The van der Waals surface area contributed by atoms with Gasteiger partial charge in [0.2, 0.25) is 10.0 Å². The van der Waals surface area contributed by atoms with Crippen LogP contribution in [0.5, 0.6) is 0 Å². The van der Waals surface area contributed by atoms with Gasteiger partial charge in [-0.05, 0) is 19.1 Å². The third kappa shape index (κ3) is 3.63. The molecule has 1 rings (SSSR count). The summed E-state index contributed by atoms with van der Waals surface area (Å²) in [5.41, 5.74) is 0. The summed E-state index contributed by atoms with van der Waals surface area (Å²) in [6, 6.07) is 3.63. The zero-order valence-electron chi connectivity index (χ0n) is 11.0. The molecule has 8 heteroatoms. The number of carboxylic acid groups (broad SMARTS) is 1. The van der Waals surface area contributed by atoms with Crippen LogP contribution in [-0.4, -0.2) is 36.4 Å². The van der Waals surface area contributed by atoms with Crippen molar-refractivity contribution in [3.8, 4) is 0 Å². The average molecular weight is 340 g/mol. The quantitative estimate of drug-likeness (QED) is 0.864. The highest BCUT2D eigenvalue weighted by molar-refractivity contribution is 7.89. The number of carbonyl (C=O) groups is 1. The maximum absolute atomic E-state index is 12.5. The standard InChI is InChI=1S/C12H15Cl2NO4S/c1-3-15(8(2)7-11(16)17)20(18,19)10-6-4-5-9(13)12(10)14/h4-6,8H,3,7H2,1-2H3,(H,16,17). The van der Waals surface area contributed by atoms with Crippen molar-refractivity contribution in [2.75, 3.05) is 6.54 Å². The van der Waals surface area contributed by atoms with E-state index < -0.39 is 22.0 Å². The van der Waals surface area contributed by atoms with Gasteiger partial charge in [-0.3, -0.25) is 4.79 Å². The second kappa shape index (κ2) is 6.76. The number of hydrogen-bond donors (Lipinski definition) is 1. The molecule has 1 N–H and O–H groups in total. The van der Waals surface area contributed by atoms with Crippen molar-refractivity contribution in [1.82, 2.24) is 4.31 Å². The van der Waals surface area contributed by atoms with E-state index in [2.05, 4.69) is 0 Å². The minimum atomic E-state index is -3.90. The van der Waals surface area contributed by atoms with Gasteiger partial charge in [0.15, 0.2) is 0 Å². The third-order valence-corrected chi connectivity index (χ3v) is 5.84. The monoisotopic (exact) mass is 339 g/mol. The van der Waals surface area contributed by atoms with Gasteiger partial charge in [0.1, 0.15) is 4.90 Å². The number of nitrogens with zero attached hydrogens (tertiary/aromatic N) is 1. The number of carboxylic acids is 1. The third-order valence-electron chi connectivity index (χ3n) is 2.78. The molecule has 0 aliphatic heterocycles. The Bertz CT molecular complexity index is 603. The topological polar surface area (TPSA) is 74.7 Å². The Hall–Kier alpha value is -0.820. The minimum Gasteiger partial charge on any atom is -0.481 e. The van der Waals surface area contributed by atoms with E-state index in [4.69, 9.17) is 28.3 Å². The number of benzene rings is 1. The lowest BCUT2D eigenvalue weighted by atomic mass is 10.2. The van der Waals surface area contributed by atoms with Crippen LogP contribution in [0.1, 0.15) is 20.3 Å². The fourth-order valence-corrected chi connectivity index (χ4v) is 4.26. The van der Waals surface area contributed by atoms with Crippen molar-refractivity contribution < 1.29 is 18.3 Å². The molecule has 5 nitrogen and oxygen atoms in total. The van der Waals surface area contributed by atoms with Crippen LogP contribution in [-0.2, 0) is 14.8 Å². The van der Waals surface area contributed by atoms with Crippen molar-refractivity contribution in [1.29, 1.82) is 0 Å². The van der Waals surface area contributed by atoms with Crippen LogP contribution in [0.3, 0.4) is 0 Å². The van der Waals surface area contributed by atoms with Gasteiger partial charge in [-0.1, -0.05) is 36.2 Å². The number of rotatable bonds is 6. The van der Waals surface area contributed by atoms with Gasteiger partial charge in [-0.2, -0.15) is 4.31 Å². The fourth-order valence-electron chi connectivity index (χ4n) is 1.88. The van der Waals surface area contributed by atoms with E-state index in [1.165, 1.54) is 25.1 Å². The molecule has 0 aromatic heterocycles. The molecule has 0 saturated heterocycles. The first kappa shape index (κ1) is 17.2. The first-order chi connectivity index (χ1) is 9.21. The predicted octanol–water partition coefficient (Wildman–Crippen LogP) is 2.87. The number of sulfonamides is 1. The zero-order chi connectivity index (χ0) is 15.5. The van der Waals surface area contributed by atoms with E-state index in [-0.39, 0.29) is 27.9 Å². The Labute approximate surface area is 128 Å². The normalized spacial score (nSPS) is 13.4. The second-order valence-corrected chi connectivity index (χ2v) is 6.85. The van der Waals surface area contributed by atoms with Crippen molar-refractivity contribution in [3.05, 3.63) is 28.2 Å². The molecule has 0 fully saturated rings. The molecule has 0 radical (unpaired) electrons. The molecule has 0 spiro atoms. The van der Waals surface area contributed by atoms with Crippen LogP contribution in [0.25, 0.3) is 0 Å². The predicted molar refractivity (Wildman–Crippen MR) is 77.7 cm³/mol. The van der Waals surface area contributed by atoms with Crippen molar-refractivity contribution >= 4 is 39.2 Å². The van der Waals surface area contributed by atoms with Gasteiger partial charge in [0, 0.05) is 12.6 Å². The molecule has 0 heterocycles. The molecule has 20 heavy (non-hydrogen) atoms. The van der Waals surface area contributed by atoms with Crippen molar-refractivity contribution in [2.45, 2.75) is 31.2 Å². The van der Waals surface area contributed by atoms with E-state index in [9.17, 15) is 13.2 Å². The number of hydrogen-bond acceptors (Lipinski definition) is 3. The summed E-state index contributed by atoms with van der Waals surface area (Å²) in [7, 11) is -3.90. The first-order valence-electron chi connectivity index (χ1n) is 5.89. The Kier molecular flexibility index (Phi) is 5.82. The summed E-state index contributed by atoms with van der Waals surface area (Å²) in [6.07, 6.45) is -0.286. The molecule has 0 bridgehead atoms. The molecule has 0 aliphatic rings. The molecule has 0 aliphatic carbocycles. The lowest BCUT2D eigenvalue weighted by molar-refractivity contribution is -0.137. The van der Waals surface area contributed by atoms with E-state index in [0.717, 1.165) is 4.31 Å². The highest BCUT2D eigenvalue weighted by Crippen LogP contribution is 2.31. The summed E-state index contributed by atoms with van der Waals surface area (Å²) >= 11 is 11.8. The molecule has 0 amide bonds. The Morgan fingerprint density at radius 2 is 2.00 bits per heavy atom. The SMILES string of the molecule is CCN(C(C)CC(=O)O)S(=O)(=O)c1cccc(Cl)c1Cl. The Balaban J connectivity index is 3.25. The molecule has 1 aromatic rings. The van der Waals surface area contributed by atoms with E-state index in [1.807, 2.05) is 0 Å². The highest BCUT2D eigenvalue weighted by atomic mass is 35.5. The molecule has 0 saturated carbocycles. The summed E-state index contributed by atoms with van der Waals surface area (Å²) < 4.78 is 26.2. The largest absolute Gasteiger partial charge is 0.481 e. The maximum atomic E-state index is 12.5. The molecular weight excluding hydrogens is 325 g/mol. The summed E-state index contributed by atoms with van der Waals surface area (Å²) in [5.74, 6) is -1.07. The number of halogens is 2. The molecule has 112 valence electrons. The summed E-state index contributed by atoms with van der Waals surface area (Å²) in [6.45, 7) is 3.31. The molecule has 1 unspecified atom stereocenters. The lowest BCUT2D eigenvalue weighted by Gasteiger charge is -2.26. The van der Waals surface area contributed by atoms with E-state index in [1.54, 1.807) is 6.92 Å². The van der Waals surface area contributed by atoms with Crippen LogP contribution in [0.15, 0.2) is 23.1 Å². The van der Waals surface area contributed by atoms with Crippen LogP contribution in [0, 0.1) is 0 Å². The van der Waals surface area contributed by atoms with Gasteiger partial charge in [0.05, 0.1) is 16.5 Å². The Morgan fingerprint density at radius 1 is 1.40 bits per heavy atom. The van der Waals surface area contributed by atoms with E-state index >= 15 is 0 Å². The van der Waals surface area contributed by atoms with E-state index in [0.29, 0.717) is 0 Å². The van der Waals surface area contributed by atoms with Crippen LogP contribution in [0.2, 0.25) is 10.0 Å². The van der Waals surface area contributed by atoms with Gasteiger partial charge < -0.3 is 5.11 Å². The maximum Gasteiger partial charge on any atom is 0.304 e. The van der Waals surface area contributed by atoms with Crippen molar-refractivity contribution in [3.63, 3.8) is 0 Å². The van der Waals surface area contributed by atoms with Gasteiger partial charge in [0.25, 0.3) is 0 Å². The summed E-state index contributed by atoms with van der Waals surface area (Å²) in [5, 5.41) is 8.87. The average Bonchev–Trinajstić information content (AvgIpc) is 2.31. The highest BCUT2D eigenvalue weighted by Gasteiger charge is 2.31. The van der Waals surface area contributed by atoms with Crippen LogP contribution < -0.4 is 0 Å². The van der Waals surface area contributed by atoms with Crippen LogP contribution in [0.4, 0.5) is 0 Å². The summed E-state index contributed by atoms with van der Waals surface area (Å²) in [4.78, 5) is 10.6. The Morgan fingerprint density at radius 3 is 2.50 bits per heavy atom. The first-order valence-corrected chi connectivity index (χ1v) is 8.09. The molecular formula is C12H15Cl2NO4S.